The number of ether oxygens (including phenoxy) is 1. The molecule has 0 spiro atoms. The lowest BCUT2D eigenvalue weighted by molar-refractivity contribution is -1.01. The molecule has 0 atom stereocenters. The highest BCUT2D eigenvalue weighted by Gasteiger charge is 2.20. The summed E-state index contributed by atoms with van der Waals surface area (Å²) in [6.45, 7) is 15.5. The summed E-state index contributed by atoms with van der Waals surface area (Å²) in [5, 5.41) is 0. The highest BCUT2D eigenvalue weighted by Crippen LogP contribution is 2.29. The summed E-state index contributed by atoms with van der Waals surface area (Å²) in [7, 11) is 0. The number of nitrogens with one attached hydrogen (secondary N) is 2. The van der Waals surface area contributed by atoms with Crippen molar-refractivity contribution >= 4 is 15.9 Å². The van der Waals surface area contributed by atoms with Crippen molar-refractivity contribution in [3.8, 4) is 5.75 Å². The molecule has 1 aromatic rings. The van der Waals surface area contributed by atoms with E-state index < -0.39 is 0 Å². The molecule has 0 bridgehead atoms. The number of quaternary nitrogens is 2. The van der Waals surface area contributed by atoms with Gasteiger partial charge in [-0.25, -0.2) is 0 Å². The van der Waals surface area contributed by atoms with Crippen LogP contribution in [0.4, 0.5) is 0 Å². The summed E-state index contributed by atoms with van der Waals surface area (Å²) in [6.07, 6.45) is 2.42. The predicted octanol–water partition coefficient (Wildman–Crippen LogP) is 1.53. The summed E-state index contributed by atoms with van der Waals surface area (Å²) < 4.78 is 7.17. The third-order valence-corrected chi connectivity index (χ3v) is 5.43. The van der Waals surface area contributed by atoms with Crippen LogP contribution in [0.25, 0.3) is 0 Å². The summed E-state index contributed by atoms with van der Waals surface area (Å²) in [4.78, 5) is 3.56. The van der Waals surface area contributed by atoms with Gasteiger partial charge >= 0.3 is 0 Å². The molecule has 1 aliphatic heterocycles. The Hall–Kier alpha value is -0.580. The lowest BCUT2D eigenvalue weighted by Crippen LogP contribution is -3.28. The maximum Gasteiger partial charge on any atom is 0.127 e. The second kappa shape index (κ2) is 9.65. The Morgan fingerprint density at radius 1 is 1.09 bits per heavy atom. The van der Waals surface area contributed by atoms with Crippen LogP contribution in [-0.2, 0) is 0 Å². The van der Waals surface area contributed by atoms with Gasteiger partial charge in [-0.15, -0.1) is 0 Å². The molecule has 0 aliphatic carbocycles. The fourth-order valence-corrected chi connectivity index (χ4v) is 3.70. The van der Waals surface area contributed by atoms with Gasteiger partial charge in [-0.1, -0.05) is 29.8 Å². The first kappa shape index (κ1) is 18.8. The zero-order valence-corrected chi connectivity index (χ0v) is 16.5. The maximum absolute atomic E-state index is 6.04. The average molecular weight is 385 g/mol. The van der Waals surface area contributed by atoms with E-state index >= 15 is 0 Å². The Balaban J connectivity index is 1.66. The molecule has 1 aliphatic rings. The van der Waals surface area contributed by atoms with Gasteiger partial charge < -0.3 is 14.5 Å². The van der Waals surface area contributed by atoms with Gasteiger partial charge in [0.15, 0.2) is 0 Å². The second-order valence-electron chi connectivity index (χ2n) is 7.00. The van der Waals surface area contributed by atoms with Gasteiger partial charge in [0.25, 0.3) is 0 Å². The SMILES string of the molecule is CC[NH+]1CC[NH+](CCCCOc2ccc(Br)cc2C(C)C)CC1. The first-order chi connectivity index (χ1) is 11.1. The molecule has 0 amide bonds. The molecule has 4 heteroatoms. The van der Waals surface area contributed by atoms with E-state index in [0.29, 0.717) is 5.92 Å². The van der Waals surface area contributed by atoms with Crippen LogP contribution in [0.15, 0.2) is 22.7 Å². The van der Waals surface area contributed by atoms with E-state index in [0.717, 1.165) is 23.2 Å². The molecule has 1 saturated heterocycles. The summed E-state index contributed by atoms with van der Waals surface area (Å²) in [5.74, 6) is 1.54. The van der Waals surface area contributed by atoms with Crippen molar-refractivity contribution in [3.63, 3.8) is 0 Å². The van der Waals surface area contributed by atoms with Crippen molar-refractivity contribution in [2.75, 3.05) is 45.9 Å². The second-order valence-corrected chi connectivity index (χ2v) is 7.91. The quantitative estimate of drug-likeness (QED) is 0.650. The third-order valence-electron chi connectivity index (χ3n) is 4.94. The van der Waals surface area contributed by atoms with E-state index in [1.54, 1.807) is 9.80 Å². The molecule has 0 unspecified atom stereocenters. The monoisotopic (exact) mass is 384 g/mol. The van der Waals surface area contributed by atoms with Crippen LogP contribution in [0.1, 0.15) is 45.1 Å². The van der Waals surface area contributed by atoms with Crippen molar-refractivity contribution < 1.29 is 14.5 Å². The Labute approximate surface area is 150 Å². The van der Waals surface area contributed by atoms with Crippen LogP contribution in [0.5, 0.6) is 5.75 Å². The lowest BCUT2D eigenvalue weighted by atomic mass is 10.0. The smallest absolute Gasteiger partial charge is 0.127 e. The van der Waals surface area contributed by atoms with Crippen molar-refractivity contribution in [3.05, 3.63) is 28.2 Å². The molecule has 23 heavy (non-hydrogen) atoms. The van der Waals surface area contributed by atoms with Crippen LogP contribution in [0.3, 0.4) is 0 Å². The number of hydrogen-bond donors (Lipinski definition) is 2. The molecule has 1 fully saturated rings. The van der Waals surface area contributed by atoms with Crippen molar-refractivity contribution in [1.82, 2.24) is 0 Å². The minimum absolute atomic E-state index is 0.490. The van der Waals surface area contributed by atoms with Crippen LogP contribution >= 0.6 is 15.9 Å². The standard InChI is InChI=1S/C19H31BrN2O/c1-4-21-10-12-22(13-11-21)9-5-6-14-23-19-8-7-17(20)15-18(19)16(2)3/h7-8,15-16H,4-6,9-14H2,1-3H3/p+2. The molecule has 0 saturated carbocycles. The van der Waals surface area contributed by atoms with Gasteiger partial charge in [-0.3, -0.25) is 0 Å². The summed E-state index contributed by atoms with van der Waals surface area (Å²) >= 11 is 3.55. The molecule has 1 heterocycles. The Morgan fingerprint density at radius 3 is 2.43 bits per heavy atom. The Bertz CT molecular complexity index is 470. The van der Waals surface area contributed by atoms with Gasteiger partial charge in [-0.05, 0) is 49.4 Å². The minimum Gasteiger partial charge on any atom is -0.493 e. The highest BCUT2D eigenvalue weighted by atomic mass is 79.9. The van der Waals surface area contributed by atoms with Crippen molar-refractivity contribution in [2.24, 2.45) is 0 Å². The van der Waals surface area contributed by atoms with Crippen molar-refractivity contribution in [2.45, 2.75) is 39.5 Å². The molecule has 0 aromatic heterocycles. The molecular formula is C19H33BrN2O+2. The predicted molar refractivity (Wildman–Crippen MR) is 99.8 cm³/mol. The van der Waals surface area contributed by atoms with E-state index in [4.69, 9.17) is 4.74 Å². The molecule has 1 aromatic carbocycles. The third kappa shape index (κ3) is 6.09. The van der Waals surface area contributed by atoms with Crippen LogP contribution < -0.4 is 14.5 Å². The Kier molecular flexibility index (Phi) is 7.87. The zero-order valence-electron chi connectivity index (χ0n) is 15.0. The summed E-state index contributed by atoms with van der Waals surface area (Å²) in [6, 6.07) is 6.35. The normalized spacial score (nSPS) is 21.6. The van der Waals surface area contributed by atoms with Crippen LogP contribution in [0.2, 0.25) is 0 Å². The first-order valence-corrected chi connectivity index (χ1v) is 9.98. The lowest BCUT2D eigenvalue weighted by Gasteiger charge is -2.28. The molecule has 130 valence electrons. The van der Waals surface area contributed by atoms with E-state index in [-0.39, 0.29) is 0 Å². The maximum atomic E-state index is 6.04. The number of rotatable bonds is 8. The number of halogens is 1. The molecule has 3 nitrogen and oxygen atoms in total. The zero-order chi connectivity index (χ0) is 16.7. The number of unbranched alkanes of at least 4 members (excludes halogenated alkanes) is 1. The fourth-order valence-electron chi connectivity index (χ4n) is 3.32. The van der Waals surface area contributed by atoms with E-state index in [9.17, 15) is 0 Å². The number of hydrogen-bond acceptors (Lipinski definition) is 1. The molecule has 2 N–H and O–H groups in total. The van der Waals surface area contributed by atoms with Gasteiger partial charge in [0, 0.05) is 4.47 Å². The van der Waals surface area contributed by atoms with Gasteiger partial charge in [0.05, 0.1) is 19.7 Å². The molecule has 2 rings (SSSR count). The highest BCUT2D eigenvalue weighted by molar-refractivity contribution is 9.10. The Morgan fingerprint density at radius 2 is 1.78 bits per heavy atom. The van der Waals surface area contributed by atoms with Gasteiger partial charge in [0.2, 0.25) is 0 Å². The number of piperazine rings is 1. The summed E-state index contributed by atoms with van der Waals surface area (Å²) in [5.41, 5.74) is 1.30. The van der Waals surface area contributed by atoms with E-state index in [1.807, 2.05) is 0 Å². The van der Waals surface area contributed by atoms with Crippen LogP contribution in [0, 0.1) is 0 Å². The van der Waals surface area contributed by atoms with E-state index in [1.165, 1.54) is 51.3 Å². The minimum atomic E-state index is 0.490. The molecule has 0 radical (unpaired) electrons. The topological polar surface area (TPSA) is 18.1 Å². The fraction of sp³-hybridized carbons (Fsp3) is 0.684. The molecular weight excluding hydrogens is 352 g/mol. The van der Waals surface area contributed by atoms with Crippen LogP contribution in [-0.4, -0.2) is 45.9 Å². The van der Waals surface area contributed by atoms with Gasteiger partial charge in [-0.2, -0.15) is 0 Å². The van der Waals surface area contributed by atoms with Gasteiger partial charge in [0.1, 0.15) is 31.9 Å². The van der Waals surface area contributed by atoms with Crippen molar-refractivity contribution in [1.29, 1.82) is 0 Å². The number of likely N-dealkylation sites (N-methyl/N-ethyl adjacent to an activating group) is 1. The van der Waals surface area contributed by atoms with E-state index in [2.05, 4.69) is 54.9 Å². The number of benzene rings is 1. The largest absolute Gasteiger partial charge is 0.493 e. The average Bonchev–Trinajstić information content (AvgIpc) is 2.56. The first-order valence-electron chi connectivity index (χ1n) is 9.19.